The maximum Gasteiger partial charge on any atom is 0.408 e. The number of fused-ring (bicyclic) bond motifs is 2. The maximum absolute atomic E-state index is 14.4. The highest BCUT2D eigenvalue weighted by Crippen LogP contribution is 2.46. The number of amides is 4. The van der Waals surface area contributed by atoms with Gasteiger partial charge in [-0.2, -0.15) is 11.3 Å². The third-order valence-corrected chi connectivity index (χ3v) is 13.1. The lowest BCUT2D eigenvalue weighted by Gasteiger charge is -2.30. The molecule has 3 aliphatic carbocycles. The van der Waals surface area contributed by atoms with Crippen molar-refractivity contribution in [3.05, 3.63) is 70.4 Å². The monoisotopic (exact) mass is 751 g/mol. The molecule has 13 nitrogen and oxygen atoms in total. The first-order valence-electron chi connectivity index (χ1n) is 18.3. The number of thiophene rings is 1. The highest BCUT2D eigenvalue weighted by atomic mass is 32.2. The van der Waals surface area contributed by atoms with E-state index in [4.69, 9.17) is 9.57 Å². The lowest BCUT2D eigenvalue weighted by molar-refractivity contribution is -0.141. The summed E-state index contributed by atoms with van der Waals surface area (Å²) in [5.74, 6) is -2.25. The Hall–Kier alpha value is -4.24. The molecule has 0 radical (unpaired) electrons. The van der Waals surface area contributed by atoms with Crippen molar-refractivity contribution in [1.82, 2.24) is 20.3 Å². The Bertz CT molecular complexity index is 1810. The van der Waals surface area contributed by atoms with E-state index in [1.54, 1.807) is 0 Å². The Labute approximate surface area is 307 Å². The number of nitrogens with zero attached hydrogens (tertiary/aromatic N) is 2. The highest BCUT2D eigenvalue weighted by Gasteiger charge is 2.62. The van der Waals surface area contributed by atoms with Crippen LogP contribution in [0.5, 0.6) is 0 Å². The Balaban J connectivity index is 1.16. The molecule has 1 aromatic carbocycles. The summed E-state index contributed by atoms with van der Waals surface area (Å²) in [5.41, 5.74) is 0.804. The predicted molar refractivity (Wildman–Crippen MR) is 194 cm³/mol. The van der Waals surface area contributed by atoms with E-state index < -0.39 is 68.7 Å². The number of carbonyl (C=O) groups is 4. The molecule has 2 aliphatic heterocycles. The summed E-state index contributed by atoms with van der Waals surface area (Å²) in [4.78, 5) is 62.8. The van der Waals surface area contributed by atoms with Crippen LogP contribution in [0.2, 0.25) is 0 Å². The van der Waals surface area contributed by atoms with Gasteiger partial charge in [0.05, 0.1) is 11.8 Å². The topological polar surface area (TPSA) is 173 Å². The molecule has 1 aromatic heterocycles. The summed E-state index contributed by atoms with van der Waals surface area (Å²) < 4.78 is 33.4. The van der Waals surface area contributed by atoms with Crippen LogP contribution in [0.15, 0.2) is 64.5 Å². The van der Waals surface area contributed by atoms with Gasteiger partial charge in [0.25, 0.3) is 5.91 Å². The molecule has 4 fully saturated rings. The average Bonchev–Trinajstić information content (AvgIpc) is 3.98. The van der Waals surface area contributed by atoms with Gasteiger partial charge in [0.1, 0.15) is 35.5 Å². The van der Waals surface area contributed by atoms with Crippen molar-refractivity contribution in [2.45, 2.75) is 112 Å². The first kappa shape index (κ1) is 36.1. The van der Waals surface area contributed by atoms with E-state index in [0.29, 0.717) is 37.8 Å². The van der Waals surface area contributed by atoms with Crippen LogP contribution < -0.4 is 15.4 Å². The molecule has 3 saturated carbocycles. The second kappa shape index (κ2) is 15.4. The van der Waals surface area contributed by atoms with Gasteiger partial charge in [-0.15, -0.1) is 0 Å². The number of rotatable bonds is 9. The fourth-order valence-electron chi connectivity index (χ4n) is 7.05. The molecule has 52 heavy (non-hydrogen) atoms. The Morgan fingerprint density at radius 2 is 1.77 bits per heavy atom. The second-order valence-corrected chi connectivity index (χ2v) is 17.2. The van der Waals surface area contributed by atoms with E-state index >= 15 is 0 Å². The number of benzene rings is 1. The molecule has 15 heteroatoms. The van der Waals surface area contributed by atoms with Crippen LogP contribution >= 0.6 is 11.3 Å². The van der Waals surface area contributed by atoms with Gasteiger partial charge >= 0.3 is 6.09 Å². The number of sulfonamides is 1. The van der Waals surface area contributed by atoms with E-state index in [2.05, 4.69) is 20.5 Å². The third kappa shape index (κ3) is 8.20. The lowest BCUT2D eigenvalue weighted by Crippen LogP contribution is -2.58. The third-order valence-electron chi connectivity index (χ3n) is 10.6. The van der Waals surface area contributed by atoms with Crippen LogP contribution in [-0.2, 0) is 34.0 Å². The molecule has 1 saturated heterocycles. The van der Waals surface area contributed by atoms with E-state index in [-0.39, 0.29) is 25.5 Å². The summed E-state index contributed by atoms with van der Waals surface area (Å²) in [6.07, 6.45) is 9.39. The van der Waals surface area contributed by atoms with Crippen molar-refractivity contribution >= 4 is 50.9 Å². The zero-order chi connectivity index (χ0) is 36.3. The minimum atomic E-state index is -3.87. The standard InChI is InChI=1S/C37H45N5O8S2/c43-33-31-20-28(50-40-32(25-18-19-51-23-25)24-10-5-4-6-11-24)22-42(31)34(44)30(38-36(46)49-27-13-9-14-27)15-8-3-1-2-7-12-26-21-37(26,39-33)35(45)41-52(47,48)29-16-17-29/h4-7,10-12,18-19,23,26-31H,1-3,8-9,13-17,20-22H2,(H,38,46)(H,39,43)(H,41,45)/b12-7-,40-32-/t26-,28-,30+,31+,37+/m1/s1. The molecule has 278 valence electrons. The summed E-state index contributed by atoms with van der Waals surface area (Å²) in [6, 6.07) is 9.44. The molecule has 3 N–H and O–H groups in total. The molecule has 0 bridgehead atoms. The summed E-state index contributed by atoms with van der Waals surface area (Å²) in [6.45, 7) is 0.000562. The molecular weight excluding hydrogens is 707 g/mol. The quantitative estimate of drug-likeness (QED) is 0.195. The highest BCUT2D eigenvalue weighted by molar-refractivity contribution is 7.91. The van der Waals surface area contributed by atoms with E-state index in [0.717, 1.165) is 43.2 Å². The SMILES string of the molecule is O=C(N[C@H]1CCCCC/C=C\[C@@H]2C[C@]2(C(=O)NS(=O)(=O)C2CC2)NC(=O)[C@@H]2C[C@@H](O/N=C(/c3ccccc3)c3ccsc3)CN2C1=O)OC1CCC1. The van der Waals surface area contributed by atoms with Crippen molar-refractivity contribution in [2.24, 2.45) is 11.1 Å². The van der Waals surface area contributed by atoms with Crippen molar-refractivity contribution in [2.75, 3.05) is 6.54 Å². The van der Waals surface area contributed by atoms with Gasteiger partial charge in [0.2, 0.25) is 21.8 Å². The van der Waals surface area contributed by atoms with Crippen LogP contribution in [0, 0.1) is 5.92 Å². The fourth-order valence-corrected chi connectivity index (χ4v) is 9.05. The van der Waals surface area contributed by atoms with E-state index in [9.17, 15) is 27.6 Å². The minimum Gasteiger partial charge on any atom is -0.446 e. The van der Waals surface area contributed by atoms with Gasteiger partial charge in [0.15, 0.2) is 0 Å². The first-order chi connectivity index (χ1) is 25.1. The number of allylic oxidation sites excluding steroid dienone is 1. The number of nitrogens with one attached hydrogen (secondary N) is 3. The molecule has 5 aliphatic rings. The van der Waals surface area contributed by atoms with E-state index in [1.165, 1.54) is 16.2 Å². The van der Waals surface area contributed by atoms with Crippen LogP contribution in [0.3, 0.4) is 0 Å². The molecular formula is C37H45N5O8S2. The van der Waals surface area contributed by atoms with Crippen molar-refractivity contribution in [1.29, 1.82) is 0 Å². The number of hydrogen-bond donors (Lipinski definition) is 3. The van der Waals surface area contributed by atoms with E-state index in [1.807, 2.05) is 59.3 Å². The molecule has 0 unspecified atom stereocenters. The van der Waals surface area contributed by atoms with Crippen LogP contribution in [-0.4, -0.2) is 84.5 Å². The molecule has 7 rings (SSSR count). The van der Waals surface area contributed by atoms with Gasteiger partial charge in [0, 0.05) is 28.8 Å². The molecule has 0 spiro atoms. The zero-order valence-electron chi connectivity index (χ0n) is 28.9. The lowest BCUT2D eigenvalue weighted by atomic mass is 9.96. The molecule has 3 heterocycles. The van der Waals surface area contributed by atoms with Crippen molar-refractivity contribution in [3.8, 4) is 0 Å². The Kier molecular flexibility index (Phi) is 10.7. The smallest absolute Gasteiger partial charge is 0.408 e. The summed E-state index contributed by atoms with van der Waals surface area (Å²) in [7, 11) is -3.87. The molecule has 5 atom stereocenters. The second-order valence-electron chi connectivity index (χ2n) is 14.5. The zero-order valence-corrected chi connectivity index (χ0v) is 30.5. The minimum absolute atomic E-state index is 0.000562. The van der Waals surface area contributed by atoms with Gasteiger partial charge in [-0.3, -0.25) is 19.1 Å². The Morgan fingerprint density at radius 1 is 0.962 bits per heavy atom. The summed E-state index contributed by atoms with van der Waals surface area (Å²) >= 11 is 1.52. The number of carbonyl (C=O) groups excluding carboxylic acids is 4. The van der Waals surface area contributed by atoms with Gasteiger partial charge in [-0.1, -0.05) is 60.5 Å². The fraction of sp³-hybridized carbons (Fsp3) is 0.541. The van der Waals surface area contributed by atoms with Crippen molar-refractivity contribution < 1.29 is 37.2 Å². The van der Waals surface area contributed by atoms with Crippen LogP contribution in [0.25, 0.3) is 0 Å². The van der Waals surface area contributed by atoms with Crippen LogP contribution in [0.1, 0.15) is 88.2 Å². The predicted octanol–water partition coefficient (Wildman–Crippen LogP) is 4.14. The van der Waals surface area contributed by atoms with Crippen molar-refractivity contribution in [3.63, 3.8) is 0 Å². The number of alkyl carbamates (subject to hydrolysis) is 1. The number of hydrogen-bond acceptors (Lipinski definition) is 10. The summed E-state index contributed by atoms with van der Waals surface area (Å²) in [5, 5.41) is 13.5. The molecule has 4 amide bonds. The van der Waals surface area contributed by atoms with Gasteiger partial charge in [-0.05, 0) is 69.2 Å². The first-order valence-corrected chi connectivity index (χ1v) is 20.8. The maximum atomic E-state index is 14.4. The largest absolute Gasteiger partial charge is 0.446 e. The average molecular weight is 752 g/mol. The number of ether oxygens (including phenoxy) is 1. The van der Waals surface area contributed by atoms with Gasteiger partial charge < -0.3 is 25.1 Å². The Morgan fingerprint density at radius 3 is 2.48 bits per heavy atom. The molecule has 2 aromatic rings. The van der Waals surface area contributed by atoms with Gasteiger partial charge in [-0.25, -0.2) is 13.2 Å². The number of oxime groups is 1. The normalized spacial score (nSPS) is 29.2. The van der Waals surface area contributed by atoms with Crippen LogP contribution in [0.4, 0.5) is 4.79 Å².